The molecule has 1 fully saturated rings. The van der Waals surface area contributed by atoms with Crippen LogP contribution in [0.5, 0.6) is 0 Å². The molecule has 1 aromatic carbocycles. The molecule has 32 heavy (non-hydrogen) atoms. The van der Waals surface area contributed by atoms with E-state index < -0.39 is 0 Å². The fourth-order valence-electron chi connectivity index (χ4n) is 5.12. The molecule has 6 nitrogen and oxygen atoms in total. The Morgan fingerprint density at radius 3 is 2.72 bits per heavy atom. The first-order chi connectivity index (χ1) is 15.4. The summed E-state index contributed by atoms with van der Waals surface area (Å²) in [4.78, 5) is 27.3. The van der Waals surface area contributed by atoms with Crippen LogP contribution in [0.15, 0.2) is 30.6 Å². The highest BCUT2D eigenvalue weighted by Crippen LogP contribution is 2.31. The summed E-state index contributed by atoms with van der Waals surface area (Å²) in [6, 6.07) is 7.22. The van der Waals surface area contributed by atoms with Crippen molar-refractivity contribution in [2.75, 3.05) is 31.1 Å². The van der Waals surface area contributed by atoms with Crippen molar-refractivity contribution in [1.82, 2.24) is 19.3 Å². The number of Topliss-reactive ketones (excluding diaryl/α,β-unsaturated/α-hetero) is 1. The Balaban J connectivity index is 1.48. The molecule has 0 bridgehead atoms. The number of rotatable bonds is 3. The number of hydrogen-bond acceptors (Lipinski definition) is 5. The number of benzene rings is 1. The molecule has 0 saturated carbocycles. The van der Waals surface area contributed by atoms with Crippen LogP contribution < -0.4 is 4.90 Å². The fraction of sp³-hybridized carbons (Fsp3) is 0.423. The number of carbonyl (C=O) groups excluding carboxylic acids is 1. The third kappa shape index (κ3) is 3.73. The molecule has 1 saturated heterocycles. The lowest BCUT2D eigenvalue weighted by Crippen LogP contribution is -2.51. The number of likely N-dealkylation sites (N-methyl/N-ethyl adjacent to an activating group) is 1. The van der Waals surface area contributed by atoms with Crippen LogP contribution in [0, 0.1) is 13.8 Å². The first-order valence-corrected chi connectivity index (χ1v) is 11.6. The predicted octanol–water partition coefficient (Wildman–Crippen LogP) is 3.93. The average molecular weight is 430 g/mol. The maximum Gasteiger partial charge on any atom is 0.165 e. The fourth-order valence-corrected chi connectivity index (χ4v) is 5.12. The number of hydrogen-bond donors (Lipinski definition) is 0. The highest BCUT2D eigenvalue weighted by molar-refractivity contribution is 6.25. The molecule has 166 valence electrons. The van der Waals surface area contributed by atoms with E-state index in [0.29, 0.717) is 18.0 Å². The van der Waals surface area contributed by atoms with Gasteiger partial charge in [-0.05, 0) is 63.1 Å². The number of carbonyl (C=O) groups is 1. The van der Waals surface area contributed by atoms with E-state index >= 15 is 0 Å². The standard InChI is InChI=1S/C26H31N5O/c1-5-29-10-11-30(15-18(29)3)22-8-6-21-13-23(25(32)9-7-20(21)12-22)24-16-31-14-17(2)27-19(4)26(31)28-24/h6,8,12-14,16,18H,5,7,9-11,15H2,1-4H3/t18-/m1/s1. The molecule has 0 N–H and O–H groups in total. The normalized spacial score (nSPS) is 19.8. The summed E-state index contributed by atoms with van der Waals surface area (Å²) < 4.78 is 1.98. The number of piperazine rings is 1. The first kappa shape index (κ1) is 20.9. The molecule has 1 aliphatic carbocycles. The molecule has 3 heterocycles. The smallest absolute Gasteiger partial charge is 0.165 e. The van der Waals surface area contributed by atoms with Crippen LogP contribution in [0.2, 0.25) is 0 Å². The summed E-state index contributed by atoms with van der Waals surface area (Å²) in [6.45, 7) is 12.8. The van der Waals surface area contributed by atoms with Crippen molar-refractivity contribution < 1.29 is 4.79 Å². The quantitative estimate of drug-likeness (QED) is 0.631. The molecule has 0 spiro atoms. The van der Waals surface area contributed by atoms with Crippen molar-refractivity contribution in [3.05, 3.63) is 58.8 Å². The second kappa shape index (κ2) is 8.17. The Hall–Kier alpha value is -2.99. The number of imidazole rings is 1. The number of allylic oxidation sites excluding steroid dienone is 1. The Bertz CT molecular complexity index is 1220. The zero-order valence-corrected chi connectivity index (χ0v) is 19.4. The average Bonchev–Trinajstić information content (AvgIpc) is 3.12. The molecule has 1 atom stereocenters. The minimum Gasteiger partial charge on any atom is -0.369 e. The number of ketones is 1. The van der Waals surface area contributed by atoms with Crippen molar-refractivity contribution in [2.45, 2.75) is 46.6 Å². The third-order valence-electron chi connectivity index (χ3n) is 6.89. The van der Waals surface area contributed by atoms with Crippen LogP contribution in [0.25, 0.3) is 17.3 Å². The zero-order valence-electron chi connectivity index (χ0n) is 19.4. The number of aromatic nitrogens is 3. The van der Waals surface area contributed by atoms with Crippen LogP contribution in [0.4, 0.5) is 5.69 Å². The van der Waals surface area contributed by atoms with Gasteiger partial charge in [-0.1, -0.05) is 13.0 Å². The van der Waals surface area contributed by atoms with Gasteiger partial charge in [0, 0.05) is 55.8 Å². The van der Waals surface area contributed by atoms with Gasteiger partial charge < -0.3 is 9.30 Å². The first-order valence-electron chi connectivity index (χ1n) is 11.6. The van der Waals surface area contributed by atoms with Gasteiger partial charge in [-0.3, -0.25) is 14.7 Å². The molecule has 6 heteroatoms. The highest BCUT2D eigenvalue weighted by Gasteiger charge is 2.24. The monoisotopic (exact) mass is 429 g/mol. The third-order valence-corrected chi connectivity index (χ3v) is 6.89. The maximum atomic E-state index is 13.1. The lowest BCUT2D eigenvalue weighted by atomic mass is 10.0. The molecule has 5 rings (SSSR count). The van der Waals surface area contributed by atoms with E-state index in [1.54, 1.807) is 0 Å². The zero-order chi connectivity index (χ0) is 22.4. The van der Waals surface area contributed by atoms with Gasteiger partial charge in [0.15, 0.2) is 11.4 Å². The van der Waals surface area contributed by atoms with Gasteiger partial charge in [0.25, 0.3) is 0 Å². The van der Waals surface area contributed by atoms with Crippen LogP contribution in [0.3, 0.4) is 0 Å². The molecule has 2 aliphatic rings. The maximum absolute atomic E-state index is 13.1. The largest absolute Gasteiger partial charge is 0.369 e. The lowest BCUT2D eigenvalue weighted by Gasteiger charge is -2.40. The van der Waals surface area contributed by atoms with Crippen LogP contribution in [-0.2, 0) is 11.2 Å². The summed E-state index contributed by atoms with van der Waals surface area (Å²) in [5, 5.41) is 0. The van der Waals surface area contributed by atoms with Crippen LogP contribution in [-0.4, -0.2) is 57.3 Å². The van der Waals surface area contributed by atoms with E-state index in [1.165, 1.54) is 11.3 Å². The number of fused-ring (bicyclic) bond motifs is 2. The van der Waals surface area contributed by atoms with E-state index in [0.717, 1.165) is 60.9 Å². The van der Waals surface area contributed by atoms with Crippen molar-refractivity contribution >= 4 is 28.8 Å². The number of nitrogens with zero attached hydrogens (tertiary/aromatic N) is 5. The molecule has 1 aliphatic heterocycles. The van der Waals surface area contributed by atoms with Gasteiger partial charge in [-0.2, -0.15) is 0 Å². The summed E-state index contributed by atoms with van der Waals surface area (Å²) in [5.74, 6) is 0.152. The van der Waals surface area contributed by atoms with Gasteiger partial charge in [-0.15, -0.1) is 0 Å². The topological polar surface area (TPSA) is 53.7 Å². The molecular weight excluding hydrogens is 398 g/mol. The Kier molecular flexibility index (Phi) is 5.33. The van der Waals surface area contributed by atoms with Crippen LogP contribution >= 0.6 is 0 Å². The minimum absolute atomic E-state index is 0.152. The number of aryl methyl sites for hydroxylation is 3. The van der Waals surface area contributed by atoms with Crippen molar-refractivity contribution in [3.8, 4) is 0 Å². The van der Waals surface area contributed by atoms with E-state index in [9.17, 15) is 4.79 Å². The van der Waals surface area contributed by atoms with Gasteiger partial charge in [0.05, 0.1) is 17.1 Å². The SMILES string of the molecule is CCN1CCN(c2ccc3c(c2)CCC(=O)C(c2cn4cc(C)nc(C)c4n2)=C3)C[C@H]1C. The van der Waals surface area contributed by atoms with E-state index in [2.05, 4.69) is 46.8 Å². The molecule has 0 unspecified atom stereocenters. The van der Waals surface area contributed by atoms with Crippen molar-refractivity contribution in [1.29, 1.82) is 0 Å². The Labute approximate surface area is 189 Å². The molecule has 3 aromatic rings. The molecular formula is C26H31N5O. The van der Waals surface area contributed by atoms with Crippen LogP contribution in [0.1, 0.15) is 48.5 Å². The van der Waals surface area contributed by atoms with Gasteiger partial charge in [-0.25, -0.2) is 4.98 Å². The van der Waals surface area contributed by atoms with Crippen molar-refractivity contribution in [2.24, 2.45) is 0 Å². The Morgan fingerprint density at radius 1 is 1.09 bits per heavy atom. The lowest BCUT2D eigenvalue weighted by molar-refractivity contribution is -0.113. The van der Waals surface area contributed by atoms with Gasteiger partial charge in [0.2, 0.25) is 0 Å². The van der Waals surface area contributed by atoms with Gasteiger partial charge >= 0.3 is 0 Å². The summed E-state index contributed by atoms with van der Waals surface area (Å²) in [7, 11) is 0. The van der Waals surface area contributed by atoms with Gasteiger partial charge in [0.1, 0.15) is 0 Å². The van der Waals surface area contributed by atoms with Crippen molar-refractivity contribution in [3.63, 3.8) is 0 Å². The predicted molar refractivity (Wildman–Crippen MR) is 129 cm³/mol. The second-order valence-corrected chi connectivity index (χ2v) is 9.11. The molecule has 0 amide bonds. The summed E-state index contributed by atoms with van der Waals surface area (Å²) >= 11 is 0. The highest BCUT2D eigenvalue weighted by atomic mass is 16.1. The Morgan fingerprint density at radius 2 is 1.94 bits per heavy atom. The minimum atomic E-state index is 0.152. The summed E-state index contributed by atoms with van der Waals surface area (Å²) in [5.41, 5.74) is 7.67. The van der Waals surface area contributed by atoms with E-state index in [-0.39, 0.29) is 5.78 Å². The molecule has 0 radical (unpaired) electrons. The van der Waals surface area contributed by atoms with E-state index in [4.69, 9.17) is 4.98 Å². The number of anilines is 1. The summed E-state index contributed by atoms with van der Waals surface area (Å²) in [6.07, 6.45) is 7.21. The van der Waals surface area contributed by atoms with E-state index in [1.807, 2.05) is 36.7 Å². The second-order valence-electron chi connectivity index (χ2n) is 9.11. The molecule has 2 aromatic heterocycles.